The summed E-state index contributed by atoms with van der Waals surface area (Å²) in [5.74, 6) is -2.17. The Morgan fingerprint density at radius 2 is 1.57 bits per heavy atom. The van der Waals surface area contributed by atoms with E-state index >= 15 is 0 Å². The van der Waals surface area contributed by atoms with Gasteiger partial charge in [0, 0.05) is 35.7 Å². The van der Waals surface area contributed by atoms with Crippen molar-refractivity contribution in [1.82, 2.24) is 4.90 Å². The van der Waals surface area contributed by atoms with Gasteiger partial charge in [-0.3, -0.25) is 9.69 Å². The van der Waals surface area contributed by atoms with Crippen LogP contribution in [0.15, 0.2) is 60.7 Å². The van der Waals surface area contributed by atoms with Gasteiger partial charge < -0.3 is 14.6 Å². The van der Waals surface area contributed by atoms with Crippen LogP contribution in [0.3, 0.4) is 0 Å². The minimum Gasteiger partial charge on any atom is -0.478 e. The van der Waals surface area contributed by atoms with Gasteiger partial charge in [-0.1, -0.05) is 50.2 Å². The van der Waals surface area contributed by atoms with Crippen LogP contribution >= 0.6 is 0 Å². The van der Waals surface area contributed by atoms with Gasteiger partial charge in [0.1, 0.15) is 12.4 Å². The smallest absolute Gasteiger partial charge is 0.331 e. The maximum absolute atomic E-state index is 12.5. The Labute approximate surface area is 220 Å². The molecule has 0 aromatic heterocycles. The lowest BCUT2D eigenvalue weighted by Gasteiger charge is -2.32. The minimum absolute atomic E-state index is 0.0418. The Hall–Kier alpha value is -3.45. The molecule has 200 valence electrons. The molecule has 7 heteroatoms. The van der Waals surface area contributed by atoms with E-state index < -0.39 is 11.9 Å². The van der Waals surface area contributed by atoms with Gasteiger partial charge in [-0.15, -0.1) is 0 Å². The van der Waals surface area contributed by atoms with Gasteiger partial charge in [0.2, 0.25) is 0 Å². The molecule has 37 heavy (non-hydrogen) atoms. The van der Waals surface area contributed by atoms with Gasteiger partial charge in [-0.2, -0.15) is 0 Å². The lowest BCUT2D eigenvalue weighted by atomic mass is 9.86. The van der Waals surface area contributed by atoms with E-state index in [2.05, 4.69) is 44.7 Å². The summed E-state index contributed by atoms with van der Waals surface area (Å²) in [6.07, 6.45) is 2.40. The highest BCUT2D eigenvalue weighted by Crippen LogP contribution is 2.36. The number of hydrogen-bond acceptors (Lipinski definition) is 6. The molecule has 0 aliphatic rings. The third-order valence-corrected chi connectivity index (χ3v) is 6.08. The summed E-state index contributed by atoms with van der Waals surface area (Å²) in [6.45, 7) is 13.1. The predicted molar refractivity (Wildman–Crippen MR) is 143 cm³/mol. The number of nitrogens with zero attached hydrogens (tertiary/aromatic N) is 1. The van der Waals surface area contributed by atoms with Crippen LogP contribution in [0.4, 0.5) is 0 Å². The van der Waals surface area contributed by atoms with Crippen LogP contribution in [0.25, 0.3) is 0 Å². The molecule has 1 N–H and O–H groups in total. The van der Waals surface area contributed by atoms with Gasteiger partial charge in [0.25, 0.3) is 0 Å². The number of benzene rings is 2. The molecule has 0 aliphatic carbocycles. The van der Waals surface area contributed by atoms with E-state index in [1.165, 1.54) is 0 Å². The molecule has 2 rings (SSSR count). The average Bonchev–Trinajstić information content (AvgIpc) is 2.84. The number of carbonyl (C=O) groups is 3. The van der Waals surface area contributed by atoms with Crippen molar-refractivity contribution in [2.75, 3.05) is 6.54 Å². The molecule has 2 aromatic carbocycles. The highest BCUT2D eigenvalue weighted by atomic mass is 16.5. The van der Waals surface area contributed by atoms with Crippen LogP contribution in [-0.2, 0) is 25.7 Å². The van der Waals surface area contributed by atoms with Crippen molar-refractivity contribution < 1.29 is 29.0 Å². The average molecular weight is 510 g/mol. The highest BCUT2D eigenvalue weighted by Gasteiger charge is 2.24. The number of ether oxygens (including phenoxy) is 2. The first-order chi connectivity index (χ1) is 17.5. The fraction of sp³-hybridized carbons (Fsp3) is 0.433. The van der Waals surface area contributed by atoms with Gasteiger partial charge in [0.15, 0.2) is 0 Å². The molecular formula is C30H39NO6. The van der Waals surface area contributed by atoms with Crippen molar-refractivity contribution in [3.05, 3.63) is 77.4 Å². The number of hydrogen-bond donors (Lipinski definition) is 1. The highest BCUT2D eigenvalue weighted by molar-refractivity contribution is 5.90. The second-order valence-corrected chi connectivity index (χ2v) is 9.90. The molecule has 7 nitrogen and oxygen atoms in total. The largest absolute Gasteiger partial charge is 0.478 e. The lowest BCUT2D eigenvalue weighted by molar-refractivity contribution is -0.140. The molecule has 0 fully saturated rings. The molecule has 0 saturated carbocycles. The number of carboxylic acids is 1. The fourth-order valence-electron chi connectivity index (χ4n) is 4.20. The molecule has 2 aromatic rings. The topological polar surface area (TPSA) is 93.1 Å². The monoisotopic (exact) mass is 509 g/mol. The Kier molecular flexibility index (Phi) is 11.5. The number of aliphatic carboxylic acids is 1. The van der Waals surface area contributed by atoms with Crippen molar-refractivity contribution in [3.8, 4) is 5.75 Å². The molecule has 0 amide bonds. The van der Waals surface area contributed by atoms with Gasteiger partial charge >= 0.3 is 17.9 Å². The summed E-state index contributed by atoms with van der Waals surface area (Å²) in [5.41, 5.74) is 2.64. The van der Waals surface area contributed by atoms with Crippen LogP contribution in [0.2, 0.25) is 0 Å². The summed E-state index contributed by atoms with van der Waals surface area (Å²) in [7, 11) is 0. The number of rotatable bonds is 13. The first kappa shape index (κ1) is 29.8. The first-order valence-corrected chi connectivity index (χ1v) is 12.7. The summed E-state index contributed by atoms with van der Waals surface area (Å²) < 4.78 is 11.1. The maximum atomic E-state index is 12.5. The van der Waals surface area contributed by atoms with E-state index in [-0.39, 0.29) is 24.4 Å². The van der Waals surface area contributed by atoms with Crippen LogP contribution in [0.1, 0.15) is 70.6 Å². The molecule has 0 aliphatic heterocycles. The van der Waals surface area contributed by atoms with Crippen LogP contribution in [0.5, 0.6) is 5.75 Å². The Balaban J connectivity index is 2.47. The number of carboxylic acid groups (broad SMARTS) is 1. The van der Waals surface area contributed by atoms with Crippen molar-refractivity contribution in [1.29, 1.82) is 0 Å². The van der Waals surface area contributed by atoms with Crippen molar-refractivity contribution >= 4 is 17.9 Å². The molecule has 0 radical (unpaired) electrons. The van der Waals surface area contributed by atoms with E-state index in [1.54, 1.807) is 26.0 Å². The molecule has 0 saturated heterocycles. The zero-order valence-electron chi connectivity index (χ0n) is 22.6. The molecule has 0 heterocycles. The minimum atomic E-state index is -1.22. The third kappa shape index (κ3) is 9.50. The van der Waals surface area contributed by atoms with Crippen molar-refractivity contribution in [2.45, 2.75) is 72.6 Å². The van der Waals surface area contributed by atoms with E-state index in [0.29, 0.717) is 23.4 Å². The van der Waals surface area contributed by atoms with Crippen molar-refractivity contribution in [2.24, 2.45) is 5.92 Å². The summed E-state index contributed by atoms with van der Waals surface area (Å²) in [4.78, 5) is 37.5. The van der Waals surface area contributed by atoms with Gasteiger partial charge in [-0.25, -0.2) is 9.59 Å². The number of carbonyl (C=O) groups excluding carboxylic acids is 2. The molecule has 0 bridgehead atoms. The van der Waals surface area contributed by atoms with Crippen LogP contribution in [0, 0.1) is 5.92 Å². The summed E-state index contributed by atoms with van der Waals surface area (Å²) in [5, 5.41) is 8.71. The first-order valence-electron chi connectivity index (χ1n) is 12.7. The second-order valence-electron chi connectivity index (χ2n) is 9.90. The Morgan fingerprint density at radius 3 is 2.14 bits per heavy atom. The van der Waals surface area contributed by atoms with Gasteiger partial charge in [-0.05, 0) is 63.9 Å². The summed E-state index contributed by atoms with van der Waals surface area (Å²) >= 11 is 0. The zero-order valence-corrected chi connectivity index (χ0v) is 22.6. The fourth-order valence-corrected chi connectivity index (χ4v) is 4.20. The van der Waals surface area contributed by atoms with Gasteiger partial charge in [0.05, 0.1) is 5.92 Å². The number of esters is 2. The maximum Gasteiger partial charge on any atom is 0.331 e. The van der Waals surface area contributed by atoms with Crippen molar-refractivity contribution in [3.63, 3.8) is 0 Å². The molecule has 1 atom stereocenters. The summed E-state index contributed by atoms with van der Waals surface area (Å²) in [6, 6.07) is 16.2. The molecule has 0 spiro atoms. The van der Waals surface area contributed by atoms with E-state index in [4.69, 9.17) is 14.6 Å². The van der Waals surface area contributed by atoms with E-state index in [9.17, 15) is 14.4 Å². The van der Waals surface area contributed by atoms with E-state index in [1.807, 2.05) is 24.3 Å². The molecule has 0 unspecified atom stereocenters. The molecular weight excluding hydrogens is 470 g/mol. The third-order valence-electron chi connectivity index (χ3n) is 6.08. The Morgan fingerprint density at radius 1 is 0.919 bits per heavy atom. The second kappa shape index (κ2) is 14.3. The van der Waals surface area contributed by atoms with Crippen LogP contribution in [-0.4, -0.2) is 46.5 Å². The standard InChI is InChI=1S/C30H39NO6/c1-20(2)30(35)37-27-13-12-23(19-36-29(34)15-14-28(32)33)18-26(27)25(24-10-8-7-9-11-24)16-17-31(21(3)4)22(5)6/h7-15,18,20-22,25H,16-17,19H2,1-6H3,(H,32,33)/t25-/m1/s1. The van der Waals surface area contributed by atoms with E-state index in [0.717, 1.165) is 36.2 Å². The van der Waals surface area contributed by atoms with Crippen LogP contribution < -0.4 is 4.74 Å². The quantitative estimate of drug-likeness (QED) is 0.214. The predicted octanol–water partition coefficient (Wildman–Crippen LogP) is 5.57. The normalized spacial score (nSPS) is 12.5. The zero-order chi connectivity index (χ0) is 27.5. The lowest BCUT2D eigenvalue weighted by Crippen LogP contribution is -2.38. The SMILES string of the molecule is CC(C)C(=O)Oc1ccc(COC(=O)C=CC(=O)O)cc1[C@H](CCN(C(C)C)C(C)C)c1ccccc1. The Bertz CT molecular complexity index is 1070.